The average Bonchev–Trinajstić information content (AvgIpc) is 2.40. The van der Waals surface area contributed by atoms with E-state index in [1.165, 1.54) is 18.5 Å². The smallest absolute Gasteiger partial charge is 0.0991 e. The molecule has 0 bridgehead atoms. The minimum atomic E-state index is 0.734. The van der Waals surface area contributed by atoms with Gasteiger partial charge in [0.05, 0.1) is 11.6 Å². The number of nitrogens with zero attached hydrogens (tertiary/aromatic N) is 2. The molecule has 0 saturated carbocycles. The van der Waals surface area contributed by atoms with E-state index in [-0.39, 0.29) is 0 Å². The molecule has 0 spiro atoms. The molecule has 0 radical (unpaired) electrons. The lowest BCUT2D eigenvalue weighted by atomic mass is 9.97. The molecular formula is C14H19N3. The van der Waals surface area contributed by atoms with Crippen LogP contribution in [-0.4, -0.2) is 26.7 Å². The maximum Gasteiger partial charge on any atom is 0.0991 e. The summed E-state index contributed by atoms with van der Waals surface area (Å²) in [7, 11) is 2.01. The highest BCUT2D eigenvalue weighted by Crippen LogP contribution is 2.23. The standard InChI is InChI=1S/C14H19N3/c1-16-10-13-3-2-8-17(11-13)14-6-4-12(9-15)5-7-14/h4-7,13,16H,2-3,8,10-11H2,1H3. The Morgan fingerprint density at radius 1 is 1.41 bits per heavy atom. The molecule has 1 heterocycles. The second-order valence-corrected chi connectivity index (χ2v) is 4.67. The molecule has 1 aliphatic heterocycles. The van der Waals surface area contributed by atoms with Crippen LogP contribution < -0.4 is 10.2 Å². The van der Waals surface area contributed by atoms with Crippen molar-refractivity contribution in [3.63, 3.8) is 0 Å². The van der Waals surface area contributed by atoms with Crippen LogP contribution in [0.2, 0.25) is 0 Å². The summed E-state index contributed by atoms with van der Waals surface area (Å²) in [5.41, 5.74) is 1.97. The molecule has 1 saturated heterocycles. The molecule has 0 aromatic heterocycles. The molecule has 90 valence electrons. The van der Waals surface area contributed by atoms with Crippen molar-refractivity contribution in [2.75, 3.05) is 31.6 Å². The highest BCUT2D eigenvalue weighted by molar-refractivity contribution is 5.50. The van der Waals surface area contributed by atoms with E-state index >= 15 is 0 Å². The third-order valence-corrected chi connectivity index (χ3v) is 3.37. The van der Waals surface area contributed by atoms with E-state index < -0.39 is 0 Å². The Balaban J connectivity index is 2.03. The lowest BCUT2D eigenvalue weighted by molar-refractivity contribution is 0.403. The topological polar surface area (TPSA) is 39.1 Å². The summed E-state index contributed by atoms with van der Waals surface area (Å²) in [5, 5.41) is 12.0. The lowest BCUT2D eigenvalue weighted by Crippen LogP contribution is -2.39. The van der Waals surface area contributed by atoms with E-state index in [0.29, 0.717) is 0 Å². The molecule has 3 heteroatoms. The fourth-order valence-corrected chi connectivity index (χ4v) is 2.50. The monoisotopic (exact) mass is 229 g/mol. The molecule has 0 amide bonds. The Morgan fingerprint density at radius 2 is 2.18 bits per heavy atom. The number of nitrogens with one attached hydrogen (secondary N) is 1. The third-order valence-electron chi connectivity index (χ3n) is 3.37. The molecular weight excluding hydrogens is 210 g/mol. The van der Waals surface area contributed by atoms with Crippen molar-refractivity contribution in [3.05, 3.63) is 29.8 Å². The number of hydrogen-bond acceptors (Lipinski definition) is 3. The molecule has 1 aromatic rings. The van der Waals surface area contributed by atoms with Gasteiger partial charge in [0.25, 0.3) is 0 Å². The van der Waals surface area contributed by atoms with Gasteiger partial charge in [0.2, 0.25) is 0 Å². The van der Waals surface area contributed by atoms with Gasteiger partial charge < -0.3 is 10.2 Å². The van der Waals surface area contributed by atoms with Crippen molar-refractivity contribution in [2.45, 2.75) is 12.8 Å². The van der Waals surface area contributed by atoms with Gasteiger partial charge in [-0.3, -0.25) is 0 Å². The summed E-state index contributed by atoms with van der Waals surface area (Å²) in [6.45, 7) is 3.34. The summed E-state index contributed by atoms with van der Waals surface area (Å²) in [6, 6.07) is 10.1. The van der Waals surface area contributed by atoms with Crippen molar-refractivity contribution in [3.8, 4) is 6.07 Å². The van der Waals surface area contributed by atoms with Crippen LogP contribution in [0.25, 0.3) is 0 Å². The van der Waals surface area contributed by atoms with E-state index in [1.54, 1.807) is 0 Å². The first-order chi connectivity index (χ1) is 8.33. The van der Waals surface area contributed by atoms with Gasteiger partial charge in [0.1, 0.15) is 0 Å². The van der Waals surface area contributed by atoms with Crippen LogP contribution in [0.1, 0.15) is 18.4 Å². The molecule has 2 rings (SSSR count). The fraction of sp³-hybridized carbons (Fsp3) is 0.500. The molecule has 17 heavy (non-hydrogen) atoms. The zero-order valence-corrected chi connectivity index (χ0v) is 10.3. The minimum Gasteiger partial charge on any atom is -0.371 e. The number of hydrogen-bond donors (Lipinski definition) is 1. The van der Waals surface area contributed by atoms with E-state index in [0.717, 1.165) is 31.1 Å². The van der Waals surface area contributed by atoms with Crippen LogP contribution in [-0.2, 0) is 0 Å². The molecule has 1 aromatic carbocycles. The van der Waals surface area contributed by atoms with Gasteiger partial charge in [-0.2, -0.15) is 5.26 Å². The Bertz CT molecular complexity index is 389. The summed E-state index contributed by atoms with van der Waals surface area (Å²) in [5.74, 6) is 0.740. The quantitative estimate of drug-likeness (QED) is 0.861. The maximum absolute atomic E-state index is 8.78. The summed E-state index contributed by atoms with van der Waals surface area (Å²) in [6.07, 6.45) is 2.57. The minimum absolute atomic E-state index is 0.734. The van der Waals surface area contributed by atoms with Gasteiger partial charge in [-0.25, -0.2) is 0 Å². The summed E-state index contributed by atoms with van der Waals surface area (Å²) >= 11 is 0. The second-order valence-electron chi connectivity index (χ2n) is 4.67. The van der Waals surface area contributed by atoms with Crippen LogP contribution in [0.4, 0.5) is 5.69 Å². The van der Waals surface area contributed by atoms with Gasteiger partial charge in [-0.1, -0.05) is 0 Å². The van der Waals surface area contributed by atoms with Crippen LogP contribution >= 0.6 is 0 Å². The Morgan fingerprint density at radius 3 is 2.82 bits per heavy atom. The van der Waals surface area contributed by atoms with E-state index in [9.17, 15) is 0 Å². The van der Waals surface area contributed by atoms with Gasteiger partial charge in [-0.15, -0.1) is 0 Å². The first kappa shape index (κ1) is 11.9. The Labute approximate surface area is 103 Å². The molecule has 1 N–H and O–H groups in total. The van der Waals surface area contributed by atoms with Gasteiger partial charge >= 0.3 is 0 Å². The zero-order valence-electron chi connectivity index (χ0n) is 10.3. The average molecular weight is 229 g/mol. The third kappa shape index (κ3) is 2.98. The first-order valence-corrected chi connectivity index (χ1v) is 6.23. The van der Waals surface area contributed by atoms with E-state index in [4.69, 9.17) is 5.26 Å². The number of piperidine rings is 1. The van der Waals surface area contributed by atoms with Gasteiger partial charge in [0, 0.05) is 18.8 Å². The second kappa shape index (κ2) is 5.70. The predicted octanol–water partition coefficient (Wildman–Crippen LogP) is 1.99. The molecule has 1 aliphatic rings. The van der Waals surface area contributed by atoms with Crippen LogP contribution in [0.3, 0.4) is 0 Å². The maximum atomic E-state index is 8.78. The highest BCUT2D eigenvalue weighted by atomic mass is 15.1. The Kier molecular flexibility index (Phi) is 4.00. The van der Waals surface area contributed by atoms with Gasteiger partial charge in [-0.05, 0) is 56.6 Å². The predicted molar refractivity (Wildman–Crippen MR) is 70.0 cm³/mol. The summed E-state index contributed by atoms with van der Waals surface area (Å²) < 4.78 is 0. The SMILES string of the molecule is CNCC1CCCN(c2ccc(C#N)cc2)C1. The van der Waals surface area contributed by atoms with E-state index in [1.807, 2.05) is 19.2 Å². The molecule has 1 fully saturated rings. The Hall–Kier alpha value is -1.53. The number of benzene rings is 1. The number of nitriles is 1. The van der Waals surface area contributed by atoms with Crippen molar-refractivity contribution < 1.29 is 0 Å². The lowest BCUT2D eigenvalue weighted by Gasteiger charge is -2.34. The van der Waals surface area contributed by atoms with Gasteiger partial charge in [0.15, 0.2) is 0 Å². The molecule has 1 atom stereocenters. The van der Waals surface area contributed by atoms with Crippen molar-refractivity contribution >= 4 is 5.69 Å². The normalized spacial score (nSPS) is 20.0. The van der Waals surface area contributed by atoms with Crippen molar-refractivity contribution in [1.82, 2.24) is 5.32 Å². The van der Waals surface area contributed by atoms with Crippen LogP contribution in [0.5, 0.6) is 0 Å². The zero-order chi connectivity index (χ0) is 12.1. The molecule has 0 aliphatic carbocycles. The van der Waals surface area contributed by atoms with Crippen LogP contribution in [0.15, 0.2) is 24.3 Å². The molecule has 1 unspecified atom stereocenters. The number of anilines is 1. The first-order valence-electron chi connectivity index (χ1n) is 6.23. The highest BCUT2D eigenvalue weighted by Gasteiger charge is 2.19. The van der Waals surface area contributed by atoms with E-state index in [2.05, 4.69) is 28.4 Å². The summed E-state index contributed by atoms with van der Waals surface area (Å²) in [4.78, 5) is 2.42. The van der Waals surface area contributed by atoms with Crippen LogP contribution in [0, 0.1) is 17.2 Å². The number of rotatable bonds is 3. The largest absolute Gasteiger partial charge is 0.371 e. The van der Waals surface area contributed by atoms with Crippen molar-refractivity contribution in [2.24, 2.45) is 5.92 Å². The molecule has 3 nitrogen and oxygen atoms in total. The van der Waals surface area contributed by atoms with Crippen molar-refractivity contribution in [1.29, 1.82) is 5.26 Å². The fourth-order valence-electron chi connectivity index (χ4n) is 2.50.